The number of hydrogen-bond acceptors (Lipinski definition) is 6. The monoisotopic (exact) mass is 362 g/mol. The van der Waals surface area contributed by atoms with E-state index in [2.05, 4.69) is 5.32 Å². The van der Waals surface area contributed by atoms with Crippen LogP contribution in [0, 0.1) is 0 Å². The van der Waals surface area contributed by atoms with E-state index in [0.717, 1.165) is 29.5 Å². The number of phenolic OH excluding ortho intramolecular Hbond substituents is 1. The van der Waals surface area contributed by atoms with Gasteiger partial charge in [-0.2, -0.15) is 0 Å². The summed E-state index contributed by atoms with van der Waals surface area (Å²) in [5.41, 5.74) is 0.441. The molecule has 2 saturated heterocycles. The summed E-state index contributed by atoms with van der Waals surface area (Å²) in [6.45, 7) is 0.749. The molecule has 2 N–H and O–H groups in total. The Morgan fingerprint density at radius 2 is 2.20 bits per heavy atom. The zero-order valence-electron chi connectivity index (χ0n) is 13.4. The van der Waals surface area contributed by atoms with Crippen molar-refractivity contribution in [1.82, 2.24) is 10.2 Å². The Balaban J connectivity index is 1.61. The zero-order chi connectivity index (χ0) is 17.8. The summed E-state index contributed by atoms with van der Waals surface area (Å²) in [5.74, 6) is -0.921. The average Bonchev–Trinajstić information content (AvgIpc) is 3.19. The first kappa shape index (κ1) is 17.5. The molecule has 2 fully saturated rings. The van der Waals surface area contributed by atoms with Crippen molar-refractivity contribution in [3.05, 3.63) is 34.7 Å². The number of rotatable bonds is 5. The Morgan fingerprint density at radius 3 is 2.92 bits per heavy atom. The van der Waals surface area contributed by atoms with Gasteiger partial charge in [0.15, 0.2) is 0 Å². The number of carbonyl (C=O) groups excluding carboxylic acids is 3. The van der Waals surface area contributed by atoms with Crippen LogP contribution < -0.4 is 5.32 Å². The Labute approximate surface area is 149 Å². The molecule has 0 saturated carbocycles. The van der Waals surface area contributed by atoms with Gasteiger partial charge in [0.1, 0.15) is 12.3 Å². The maximum absolute atomic E-state index is 12.4. The second-order valence-corrected chi connectivity index (χ2v) is 6.76. The Bertz CT molecular complexity index is 728. The predicted octanol–water partition coefficient (Wildman–Crippen LogP) is 1.72. The molecule has 25 heavy (non-hydrogen) atoms. The van der Waals surface area contributed by atoms with E-state index in [0.29, 0.717) is 18.7 Å². The standard InChI is InChI=1S/C17H18N2O5S/c20-13-6-2-1-4-11(13)8-14-16(22)19(17(23)25-14)10-15(21)18-9-12-5-3-7-24-12/h1-2,4,6,8,12,20H,3,5,7,9-10H2,(H,18,21)/b14-8-/t12-/m0/s1. The fourth-order valence-corrected chi connectivity index (χ4v) is 3.45. The molecule has 2 aliphatic rings. The molecule has 0 aromatic heterocycles. The summed E-state index contributed by atoms with van der Waals surface area (Å²) < 4.78 is 5.41. The van der Waals surface area contributed by atoms with Crippen LogP contribution >= 0.6 is 11.8 Å². The molecule has 0 unspecified atom stereocenters. The third kappa shape index (κ3) is 4.21. The second kappa shape index (κ2) is 7.71. The first-order valence-electron chi connectivity index (χ1n) is 7.96. The molecule has 8 heteroatoms. The number of nitrogens with one attached hydrogen (secondary N) is 1. The van der Waals surface area contributed by atoms with Crippen molar-refractivity contribution in [1.29, 1.82) is 0 Å². The van der Waals surface area contributed by atoms with E-state index in [4.69, 9.17) is 4.74 Å². The molecule has 0 bridgehead atoms. The van der Waals surface area contributed by atoms with Crippen LogP contribution in [0.4, 0.5) is 4.79 Å². The van der Waals surface area contributed by atoms with E-state index in [1.54, 1.807) is 18.2 Å². The van der Waals surface area contributed by atoms with Crippen molar-refractivity contribution in [3.63, 3.8) is 0 Å². The zero-order valence-corrected chi connectivity index (χ0v) is 14.3. The van der Waals surface area contributed by atoms with E-state index in [1.165, 1.54) is 12.1 Å². The first-order valence-corrected chi connectivity index (χ1v) is 8.78. The summed E-state index contributed by atoms with van der Waals surface area (Å²) in [6, 6.07) is 6.51. The smallest absolute Gasteiger partial charge is 0.294 e. The average molecular weight is 362 g/mol. The van der Waals surface area contributed by atoms with Gasteiger partial charge in [-0.3, -0.25) is 19.3 Å². The van der Waals surface area contributed by atoms with E-state index in [1.807, 2.05) is 0 Å². The molecule has 2 aliphatic heterocycles. The largest absolute Gasteiger partial charge is 0.507 e. The van der Waals surface area contributed by atoms with Gasteiger partial charge in [-0.15, -0.1) is 0 Å². The molecule has 0 aliphatic carbocycles. The van der Waals surface area contributed by atoms with Gasteiger partial charge in [0.05, 0.1) is 11.0 Å². The summed E-state index contributed by atoms with van der Waals surface area (Å²) in [5, 5.41) is 12.0. The topological polar surface area (TPSA) is 95.9 Å². The number of nitrogens with zero attached hydrogens (tertiary/aromatic N) is 1. The minimum Gasteiger partial charge on any atom is -0.507 e. The van der Waals surface area contributed by atoms with Crippen LogP contribution in [-0.4, -0.2) is 52.9 Å². The normalized spacial score (nSPS) is 22.0. The van der Waals surface area contributed by atoms with Gasteiger partial charge < -0.3 is 15.2 Å². The summed E-state index contributed by atoms with van der Waals surface area (Å²) >= 11 is 0.753. The second-order valence-electron chi connectivity index (χ2n) is 5.77. The van der Waals surface area contributed by atoms with E-state index in [-0.39, 0.29) is 23.3 Å². The fraction of sp³-hybridized carbons (Fsp3) is 0.353. The van der Waals surface area contributed by atoms with Gasteiger partial charge in [-0.05, 0) is 36.7 Å². The SMILES string of the molecule is O=C(CN1C(=O)S/C(=C\c2ccccc2O)C1=O)NC[C@@H]1CCCO1. The minimum absolute atomic E-state index is 0.000168. The summed E-state index contributed by atoms with van der Waals surface area (Å²) in [6.07, 6.45) is 3.32. The Kier molecular flexibility index (Phi) is 5.40. The van der Waals surface area contributed by atoms with Crippen molar-refractivity contribution < 1.29 is 24.2 Å². The highest BCUT2D eigenvalue weighted by molar-refractivity contribution is 8.18. The number of ether oxygens (including phenoxy) is 1. The van der Waals surface area contributed by atoms with Crippen LogP contribution in [0.15, 0.2) is 29.2 Å². The van der Waals surface area contributed by atoms with Crippen LogP contribution in [-0.2, 0) is 14.3 Å². The van der Waals surface area contributed by atoms with Crippen LogP contribution in [0.3, 0.4) is 0 Å². The molecule has 0 radical (unpaired) electrons. The van der Waals surface area contributed by atoms with Gasteiger partial charge in [-0.25, -0.2) is 0 Å². The minimum atomic E-state index is -0.537. The Hall–Kier alpha value is -2.32. The predicted molar refractivity (Wildman–Crippen MR) is 92.8 cm³/mol. The van der Waals surface area contributed by atoms with Crippen LogP contribution in [0.25, 0.3) is 6.08 Å². The van der Waals surface area contributed by atoms with Crippen molar-refractivity contribution in [2.75, 3.05) is 19.7 Å². The maximum atomic E-state index is 12.4. The molecule has 3 rings (SSSR count). The number of aromatic hydroxyl groups is 1. The third-order valence-electron chi connectivity index (χ3n) is 3.95. The molecular formula is C17H18N2O5S. The highest BCUT2D eigenvalue weighted by Crippen LogP contribution is 2.33. The molecule has 2 heterocycles. The molecule has 7 nitrogen and oxygen atoms in total. The lowest BCUT2D eigenvalue weighted by Crippen LogP contribution is -2.41. The van der Waals surface area contributed by atoms with E-state index < -0.39 is 17.1 Å². The van der Waals surface area contributed by atoms with Crippen molar-refractivity contribution in [2.45, 2.75) is 18.9 Å². The lowest BCUT2D eigenvalue weighted by molar-refractivity contribution is -0.129. The molecule has 0 spiro atoms. The highest BCUT2D eigenvalue weighted by Gasteiger charge is 2.36. The summed E-state index contributed by atoms with van der Waals surface area (Å²) in [4.78, 5) is 37.5. The molecule has 132 valence electrons. The third-order valence-corrected chi connectivity index (χ3v) is 4.86. The van der Waals surface area contributed by atoms with E-state index >= 15 is 0 Å². The van der Waals surface area contributed by atoms with Gasteiger partial charge in [0, 0.05) is 18.7 Å². The van der Waals surface area contributed by atoms with Gasteiger partial charge in [0.2, 0.25) is 5.91 Å². The lowest BCUT2D eigenvalue weighted by Gasteiger charge is -2.14. The number of phenols is 1. The highest BCUT2D eigenvalue weighted by atomic mass is 32.2. The molecule has 1 aromatic rings. The number of amides is 3. The van der Waals surface area contributed by atoms with Gasteiger partial charge >= 0.3 is 0 Å². The quantitative estimate of drug-likeness (QED) is 0.775. The molecule has 1 atom stereocenters. The van der Waals surface area contributed by atoms with E-state index in [9.17, 15) is 19.5 Å². The van der Waals surface area contributed by atoms with Crippen molar-refractivity contribution >= 4 is 34.9 Å². The first-order chi connectivity index (χ1) is 12.0. The van der Waals surface area contributed by atoms with Crippen molar-refractivity contribution in [3.8, 4) is 5.75 Å². The number of hydrogen-bond donors (Lipinski definition) is 2. The maximum Gasteiger partial charge on any atom is 0.294 e. The van der Waals surface area contributed by atoms with Crippen LogP contribution in [0.2, 0.25) is 0 Å². The summed E-state index contributed by atoms with van der Waals surface area (Å²) in [7, 11) is 0. The fourth-order valence-electron chi connectivity index (χ4n) is 2.62. The lowest BCUT2D eigenvalue weighted by atomic mass is 10.2. The number of imide groups is 1. The van der Waals surface area contributed by atoms with Gasteiger partial charge in [-0.1, -0.05) is 18.2 Å². The number of benzene rings is 1. The molecule has 3 amide bonds. The number of para-hydroxylation sites is 1. The van der Waals surface area contributed by atoms with Crippen LogP contribution in [0.1, 0.15) is 18.4 Å². The van der Waals surface area contributed by atoms with Crippen molar-refractivity contribution in [2.24, 2.45) is 0 Å². The van der Waals surface area contributed by atoms with Gasteiger partial charge in [0.25, 0.3) is 11.1 Å². The molecule has 1 aromatic carbocycles. The molecular weight excluding hydrogens is 344 g/mol. The number of carbonyl (C=O) groups is 3. The Morgan fingerprint density at radius 1 is 1.40 bits per heavy atom. The van der Waals surface area contributed by atoms with Crippen LogP contribution in [0.5, 0.6) is 5.75 Å². The number of thioether (sulfide) groups is 1.